The normalized spacial score (nSPS) is 17.4. The quantitative estimate of drug-likeness (QED) is 0.918. The van der Waals surface area contributed by atoms with E-state index in [0.717, 1.165) is 37.5 Å². The summed E-state index contributed by atoms with van der Waals surface area (Å²) < 4.78 is 5.90. The molecule has 24 heavy (non-hydrogen) atoms. The number of pyridine rings is 1. The lowest BCUT2D eigenvalue weighted by Gasteiger charge is -2.34. The van der Waals surface area contributed by atoms with Crippen LogP contribution < -0.4 is 15.0 Å². The van der Waals surface area contributed by atoms with Gasteiger partial charge in [0.05, 0.1) is 12.2 Å². The van der Waals surface area contributed by atoms with Crippen molar-refractivity contribution in [3.05, 3.63) is 54.2 Å². The highest BCUT2D eigenvalue weighted by Crippen LogP contribution is 2.25. The van der Waals surface area contributed by atoms with Crippen molar-refractivity contribution in [1.82, 2.24) is 10.3 Å². The molecule has 126 valence electrons. The maximum absolute atomic E-state index is 12.1. The Morgan fingerprint density at radius 1 is 1.29 bits per heavy atom. The molecule has 0 unspecified atom stereocenters. The van der Waals surface area contributed by atoms with E-state index in [2.05, 4.69) is 15.2 Å². The molecule has 1 aromatic heterocycles. The van der Waals surface area contributed by atoms with Gasteiger partial charge in [0.2, 0.25) is 0 Å². The summed E-state index contributed by atoms with van der Waals surface area (Å²) in [5.74, 6) is 2.00. The number of nitrogens with one attached hydrogen (secondary N) is 1. The van der Waals surface area contributed by atoms with Crippen molar-refractivity contribution >= 4 is 11.7 Å². The van der Waals surface area contributed by atoms with Gasteiger partial charge in [0.1, 0.15) is 11.6 Å². The van der Waals surface area contributed by atoms with Gasteiger partial charge in [0, 0.05) is 32.3 Å². The molecule has 1 aromatic carbocycles. The fraction of sp³-hybridized carbons (Fsp3) is 0.368. The summed E-state index contributed by atoms with van der Waals surface area (Å²) in [6.45, 7) is 2.46. The first-order chi connectivity index (χ1) is 11.8. The third-order valence-corrected chi connectivity index (χ3v) is 4.31. The lowest BCUT2D eigenvalue weighted by molar-refractivity contribution is 0.0963. The summed E-state index contributed by atoms with van der Waals surface area (Å²) in [6.07, 6.45) is 3.95. The minimum atomic E-state index is -0.0965. The highest BCUT2D eigenvalue weighted by molar-refractivity contribution is 5.98. The first-order valence-electron chi connectivity index (χ1n) is 8.38. The lowest BCUT2D eigenvalue weighted by Crippen LogP contribution is -2.39. The minimum Gasteiger partial charge on any atom is -0.493 e. The standard InChI is InChI=1S/C19H23N3O2/c1-20-19(23)17-10-5-11-21-18(17)22-12-6-7-15(13-22)14-24-16-8-3-2-4-9-16/h2-5,8-11,15H,6-7,12-14H2,1H3,(H,20,23)/t15-/m0/s1. The van der Waals surface area contributed by atoms with Crippen LogP contribution in [0, 0.1) is 5.92 Å². The van der Waals surface area contributed by atoms with Gasteiger partial charge < -0.3 is 15.0 Å². The van der Waals surface area contributed by atoms with Gasteiger partial charge in [-0.3, -0.25) is 4.79 Å². The number of hydrogen-bond acceptors (Lipinski definition) is 4. The molecule has 1 amide bonds. The van der Waals surface area contributed by atoms with Gasteiger partial charge in [-0.05, 0) is 37.1 Å². The number of amides is 1. The summed E-state index contributed by atoms with van der Waals surface area (Å²) >= 11 is 0. The van der Waals surface area contributed by atoms with Crippen molar-refractivity contribution in [2.45, 2.75) is 12.8 Å². The van der Waals surface area contributed by atoms with Crippen LogP contribution in [0.2, 0.25) is 0 Å². The van der Waals surface area contributed by atoms with Crippen molar-refractivity contribution in [3.8, 4) is 5.75 Å². The van der Waals surface area contributed by atoms with Crippen LogP contribution in [-0.4, -0.2) is 37.6 Å². The molecule has 3 rings (SSSR count). The fourth-order valence-corrected chi connectivity index (χ4v) is 3.09. The zero-order valence-corrected chi connectivity index (χ0v) is 13.9. The van der Waals surface area contributed by atoms with E-state index < -0.39 is 0 Å². The summed E-state index contributed by atoms with van der Waals surface area (Å²) in [5.41, 5.74) is 0.629. The van der Waals surface area contributed by atoms with E-state index >= 15 is 0 Å². The molecule has 0 spiro atoms. The van der Waals surface area contributed by atoms with Crippen LogP contribution in [0.25, 0.3) is 0 Å². The van der Waals surface area contributed by atoms with Crippen LogP contribution in [0.1, 0.15) is 23.2 Å². The number of anilines is 1. The van der Waals surface area contributed by atoms with Crippen LogP contribution in [0.15, 0.2) is 48.7 Å². The number of benzene rings is 1. The SMILES string of the molecule is CNC(=O)c1cccnc1N1CCC[C@H](COc2ccccc2)C1. The Kier molecular flexibility index (Phi) is 5.31. The van der Waals surface area contributed by atoms with Crippen LogP contribution >= 0.6 is 0 Å². The van der Waals surface area contributed by atoms with E-state index in [1.807, 2.05) is 36.4 Å². The monoisotopic (exact) mass is 325 g/mol. The first kappa shape index (κ1) is 16.3. The topological polar surface area (TPSA) is 54.5 Å². The van der Waals surface area contributed by atoms with E-state index in [9.17, 15) is 4.79 Å². The van der Waals surface area contributed by atoms with Gasteiger partial charge in [-0.2, -0.15) is 0 Å². The average molecular weight is 325 g/mol. The van der Waals surface area contributed by atoms with Gasteiger partial charge in [0.15, 0.2) is 0 Å². The predicted octanol–water partition coefficient (Wildman–Crippen LogP) is 2.74. The molecule has 1 aliphatic heterocycles. The van der Waals surface area contributed by atoms with E-state index in [1.165, 1.54) is 0 Å². The number of carbonyl (C=O) groups is 1. The fourth-order valence-electron chi connectivity index (χ4n) is 3.09. The molecule has 2 heterocycles. The van der Waals surface area contributed by atoms with Crippen molar-refractivity contribution < 1.29 is 9.53 Å². The van der Waals surface area contributed by atoms with Crippen LogP contribution in [0.5, 0.6) is 5.75 Å². The Balaban J connectivity index is 1.66. The smallest absolute Gasteiger partial charge is 0.254 e. The minimum absolute atomic E-state index is 0.0965. The first-order valence-corrected chi connectivity index (χ1v) is 8.38. The van der Waals surface area contributed by atoms with E-state index in [0.29, 0.717) is 18.1 Å². The Labute approximate surface area is 142 Å². The number of piperidine rings is 1. The molecule has 1 fully saturated rings. The van der Waals surface area contributed by atoms with E-state index in [4.69, 9.17) is 4.74 Å². The molecule has 5 heteroatoms. The number of carbonyl (C=O) groups excluding carboxylic acids is 1. The summed E-state index contributed by atoms with van der Waals surface area (Å²) in [4.78, 5) is 18.7. The average Bonchev–Trinajstić information content (AvgIpc) is 2.67. The molecular weight excluding hydrogens is 302 g/mol. The third kappa shape index (κ3) is 3.85. The Morgan fingerprint density at radius 3 is 2.92 bits per heavy atom. The molecule has 1 saturated heterocycles. The number of rotatable bonds is 5. The number of para-hydroxylation sites is 1. The maximum atomic E-state index is 12.1. The Morgan fingerprint density at radius 2 is 2.12 bits per heavy atom. The maximum Gasteiger partial charge on any atom is 0.254 e. The number of hydrogen-bond donors (Lipinski definition) is 1. The second-order valence-corrected chi connectivity index (χ2v) is 6.03. The van der Waals surface area contributed by atoms with Gasteiger partial charge in [-0.1, -0.05) is 18.2 Å². The molecule has 0 bridgehead atoms. The van der Waals surface area contributed by atoms with Crippen LogP contribution in [-0.2, 0) is 0 Å². The molecule has 0 radical (unpaired) electrons. The largest absolute Gasteiger partial charge is 0.493 e. The van der Waals surface area contributed by atoms with Crippen molar-refractivity contribution in [2.75, 3.05) is 31.6 Å². The zero-order valence-electron chi connectivity index (χ0n) is 13.9. The number of ether oxygens (including phenoxy) is 1. The number of nitrogens with zero attached hydrogens (tertiary/aromatic N) is 2. The Hall–Kier alpha value is -2.56. The van der Waals surface area contributed by atoms with E-state index in [1.54, 1.807) is 19.3 Å². The molecule has 1 aliphatic rings. The summed E-state index contributed by atoms with van der Waals surface area (Å²) in [7, 11) is 1.64. The molecule has 0 aliphatic carbocycles. The molecule has 0 saturated carbocycles. The van der Waals surface area contributed by atoms with Crippen molar-refractivity contribution in [3.63, 3.8) is 0 Å². The predicted molar refractivity (Wildman–Crippen MR) is 94.5 cm³/mol. The summed E-state index contributed by atoms with van der Waals surface area (Å²) in [5, 5.41) is 2.69. The van der Waals surface area contributed by atoms with Gasteiger partial charge in [-0.15, -0.1) is 0 Å². The van der Waals surface area contributed by atoms with Crippen molar-refractivity contribution in [1.29, 1.82) is 0 Å². The Bertz CT molecular complexity index is 675. The number of aromatic nitrogens is 1. The van der Waals surface area contributed by atoms with Gasteiger partial charge in [0.25, 0.3) is 5.91 Å². The molecule has 5 nitrogen and oxygen atoms in total. The highest BCUT2D eigenvalue weighted by Gasteiger charge is 2.24. The van der Waals surface area contributed by atoms with Gasteiger partial charge >= 0.3 is 0 Å². The summed E-state index contributed by atoms with van der Waals surface area (Å²) in [6, 6.07) is 13.5. The van der Waals surface area contributed by atoms with Crippen molar-refractivity contribution in [2.24, 2.45) is 5.92 Å². The second kappa shape index (κ2) is 7.81. The molecular formula is C19H23N3O2. The van der Waals surface area contributed by atoms with Crippen LogP contribution in [0.4, 0.5) is 5.82 Å². The second-order valence-electron chi connectivity index (χ2n) is 6.03. The molecule has 1 atom stereocenters. The highest BCUT2D eigenvalue weighted by atomic mass is 16.5. The molecule has 1 N–H and O–H groups in total. The van der Waals surface area contributed by atoms with Crippen LogP contribution in [0.3, 0.4) is 0 Å². The lowest BCUT2D eigenvalue weighted by atomic mass is 9.98. The zero-order chi connectivity index (χ0) is 16.8. The van der Waals surface area contributed by atoms with Gasteiger partial charge in [-0.25, -0.2) is 4.98 Å². The third-order valence-electron chi connectivity index (χ3n) is 4.31. The van der Waals surface area contributed by atoms with E-state index in [-0.39, 0.29) is 5.91 Å². The molecule has 2 aromatic rings.